The van der Waals surface area contributed by atoms with E-state index in [0.29, 0.717) is 11.5 Å². The molecule has 5 nitrogen and oxygen atoms in total. The zero-order valence-corrected chi connectivity index (χ0v) is 45.2. The Bertz CT molecular complexity index is 3190. The summed E-state index contributed by atoms with van der Waals surface area (Å²) in [4.78, 5) is 9.73. The van der Waals surface area contributed by atoms with Gasteiger partial charge in [-0.1, -0.05) is 187 Å². The topological polar surface area (TPSA) is 33.5 Å². The van der Waals surface area contributed by atoms with Crippen LogP contribution in [0.15, 0.2) is 157 Å². The summed E-state index contributed by atoms with van der Waals surface area (Å²) in [5.74, 6) is 2.06. The minimum atomic E-state index is -0.260. The maximum atomic E-state index is 6.97. The molecule has 0 amide bonds. The Kier molecular flexibility index (Phi) is 13.0. The predicted octanol–water partition coefficient (Wildman–Crippen LogP) is 16.9. The molecule has 1 aliphatic rings. The first-order valence-corrected chi connectivity index (χ1v) is 24.1. The second-order valence-electron chi connectivity index (χ2n) is 23.2. The van der Waals surface area contributed by atoms with E-state index in [-0.39, 0.29) is 48.1 Å². The van der Waals surface area contributed by atoms with Crippen molar-refractivity contribution in [2.45, 2.75) is 113 Å². The molecule has 2 aromatic heterocycles. The summed E-state index contributed by atoms with van der Waals surface area (Å²) in [6.07, 6.45) is 1.91. The standard InChI is InChI=1S/C63H67N4O.Pt/c1-59(2,3)45-31-32-64-56(38-45)67-54-28-22-21-27-52(54)53-30-29-50(40-55(53)67)68-51-34-43(42-23-17-15-18-24-42)33-48(39-51)65-41-66(58(62(10,11)12)57(65)61(7,8)9)49-36-46(60(4,5)6)35-47(37-49)63(13,14)44-25-19-16-20-26-44;/h15-38,41H,1-14H3;/q-3;. The van der Waals surface area contributed by atoms with Gasteiger partial charge in [-0.15, -0.1) is 53.6 Å². The van der Waals surface area contributed by atoms with Gasteiger partial charge in [0.1, 0.15) is 5.82 Å². The zero-order valence-electron chi connectivity index (χ0n) is 42.9. The molecule has 6 heteroatoms. The summed E-state index contributed by atoms with van der Waals surface area (Å²) >= 11 is 0. The van der Waals surface area contributed by atoms with E-state index in [2.05, 4.69) is 264 Å². The van der Waals surface area contributed by atoms with Gasteiger partial charge in [0, 0.05) is 77.6 Å². The van der Waals surface area contributed by atoms with Gasteiger partial charge in [0.05, 0.1) is 0 Å². The number of ether oxygens (including phenoxy) is 1. The van der Waals surface area contributed by atoms with Crippen LogP contribution in [0.4, 0.5) is 11.4 Å². The summed E-state index contributed by atoms with van der Waals surface area (Å²) in [5.41, 5.74) is 12.8. The van der Waals surface area contributed by atoms with Crippen LogP contribution in [0.25, 0.3) is 38.8 Å². The first kappa shape index (κ1) is 49.5. The average molecular weight is 1090 g/mol. The molecule has 8 aromatic rings. The van der Waals surface area contributed by atoms with Crippen molar-refractivity contribution in [1.29, 1.82) is 0 Å². The summed E-state index contributed by atoms with van der Waals surface area (Å²) in [7, 11) is 0. The van der Waals surface area contributed by atoms with Crippen LogP contribution in [-0.2, 0) is 37.3 Å². The van der Waals surface area contributed by atoms with E-state index in [1.807, 2.05) is 12.3 Å². The molecule has 0 saturated carbocycles. The molecular weight excluding hydrogens is 1020 g/mol. The zero-order chi connectivity index (χ0) is 48.6. The van der Waals surface area contributed by atoms with Gasteiger partial charge in [0.15, 0.2) is 0 Å². The predicted molar refractivity (Wildman–Crippen MR) is 286 cm³/mol. The molecule has 69 heavy (non-hydrogen) atoms. The van der Waals surface area contributed by atoms with E-state index in [9.17, 15) is 0 Å². The van der Waals surface area contributed by atoms with Crippen LogP contribution in [0.2, 0.25) is 0 Å². The smallest absolute Gasteiger partial charge is 0.135 e. The number of hydrogen-bond acceptors (Lipinski definition) is 4. The van der Waals surface area contributed by atoms with Gasteiger partial charge in [0.25, 0.3) is 0 Å². The fraction of sp³-hybridized carbons (Fsp3) is 0.302. The quantitative estimate of drug-likeness (QED) is 0.142. The van der Waals surface area contributed by atoms with Crippen LogP contribution in [0.1, 0.15) is 119 Å². The van der Waals surface area contributed by atoms with Crippen LogP contribution in [0, 0.1) is 29.6 Å². The number of nitrogens with zero attached hydrogens (tertiary/aromatic N) is 4. The second kappa shape index (κ2) is 18.1. The summed E-state index contributed by atoms with van der Waals surface area (Å²) < 4.78 is 9.19. The SMILES string of the molecule is CC(C)(C)C1=C(C(C)(C)C)N(c2cc(C(C)(C)C)cc(C(C)(C)c3ccccc3)c2)[CH-]N1c1[c-]c(Oc2[c-]c3c(cc2)c2ccccc2n3-c2cc(C(C)(C)C)ccn2)cc(-c2ccccc2)c1.[Pt]. The Balaban J connectivity index is 0.00000642. The van der Waals surface area contributed by atoms with Crippen LogP contribution in [0.3, 0.4) is 0 Å². The molecule has 9 rings (SSSR count). The third-order valence-electron chi connectivity index (χ3n) is 13.5. The number of anilines is 2. The monoisotopic (exact) mass is 1090 g/mol. The average Bonchev–Trinajstić information content (AvgIpc) is 3.87. The maximum absolute atomic E-state index is 6.97. The van der Waals surface area contributed by atoms with E-state index < -0.39 is 0 Å². The minimum absolute atomic E-state index is 0. The van der Waals surface area contributed by atoms with E-state index in [1.54, 1.807) is 0 Å². The molecule has 0 N–H and O–H groups in total. The number of allylic oxidation sites excluding steroid dienone is 2. The number of fused-ring (bicyclic) bond motifs is 3. The fourth-order valence-electron chi connectivity index (χ4n) is 9.64. The Morgan fingerprint density at radius 1 is 0.478 bits per heavy atom. The molecule has 358 valence electrons. The van der Waals surface area contributed by atoms with Crippen molar-refractivity contribution in [2.75, 3.05) is 9.80 Å². The van der Waals surface area contributed by atoms with E-state index >= 15 is 0 Å². The van der Waals surface area contributed by atoms with Crippen molar-refractivity contribution in [3.63, 3.8) is 0 Å². The van der Waals surface area contributed by atoms with Crippen LogP contribution in [-0.4, -0.2) is 9.55 Å². The molecule has 1 aliphatic heterocycles. The van der Waals surface area contributed by atoms with Crippen molar-refractivity contribution in [2.24, 2.45) is 10.8 Å². The Hall–Kier alpha value is -5.90. The molecule has 0 unspecified atom stereocenters. The number of rotatable bonds is 8. The van der Waals surface area contributed by atoms with Crippen LogP contribution in [0.5, 0.6) is 11.5 Å². The van der Waals surface area contributed by atoms with Crippen molar-refractivity contribution in [3.05, 3.63) is 198 Å². The van der Waals surface area contributed by atoms with Gasteiger partial charge in [-0.05, 0) is 74.4 Å². The third kappa shape index (κ3) is 9.70. The Morgan fingerprint density at radius 3 is 1.74 bits per heavy atom. The van der Waals surface area contributed by atoms with Crippen molar-refractivity contribution in [1.82, 2.24) is 9.55 Å². The molecule has 3 heterocycles. The summed E-state index contributed by atoms with van der Waals surface area (Å²) in [6.45, 7) is 34.6. The normalized spacial score (nSPS) is 13.9. The molecule has 0 aliphatic carbocycles. The van der Waals surface area contributed by atoms with Crippen LogP contribution >= 0.6 is 0 Å². The van der Waals surface area contributed by atoms with E-state index in [4.69, 9.17) is 9.72 Å². The second-order valence-corrected chi connectivity index (χ2v) is 23.2. The summed E-state index contributed by atoms with van der Waals surface area (Å²) in [6, 6.07) is 57.5. The molecule has 0 radical (unpaired) electrons. The third-order valence-corrected chi connectivity index (χ3v) is 13.5. The molecule has 0 spiro atoms. The number of pyridine rings is 1. The van der Waals surface area contributed by atoms with E-state index in [0.717, 1.165) is 50.1 Å². The van der Waals surface area contributed by atoms with Gasteiger partial charge >= 0.3 is 0 Å². The first-order chi connectivity index (χ1) is 32.0. The first-order valence-electron chi connectivity index (χ1n) is 24.1. The van der Waals surface area contributed by atoms with Crippen molar-refractivity contribution >= 4 is 33.2 Å². The molecule has 0 atom stereocenters. The molecule has 6 aromatic carbocycles. The van der Waals surface area contributed by atoms with Crippen LogP contribution < -0.4 is 14.5 Å². The Morgan fingerprint density at radius 2 is 1.09 bits per heavy atom. The minimum Gasteiger partial charge on any atom is -0.509 e. The largest absolute Gasteiger partial charge is 0.509 e. The maximum Gasteiger partial charge on any atom is 0.135 e. The molecule has 0 bridgehead atoms. The van der Waals surface area contributed by atoms with Gasteiger partial charge in [-0.2, -0.15) is 6.07 Å². The van der Waals surface area contributed by atoms with E-state index in [1.165, 1.54) is 33.6 Å². The number of para-hydroxylation sites is 1. The molecule has 0 fully saturated rings. The number of hydrogen-bond donors (Lipinski definition) is 0. The number of aromatic nitrogens is 2. The van der Waals surface area contributed by atoms with Gasteiger partial charge in [-0.3, -0.25) is 0 Å². The van der Waals surface area contributed by atoms with Gasteiger partial charge in [0.2, 0.25) is 0 Å². The van der Waals surface area contributed by atoms with Gasteiger partial charge in [-0.25, -0.2) is 4.98 Å². The van der Waals surface area contributed by atoms with Crippen molar-refractivity contribution in [3.8, 4) is 28.4 Å². The number of benzene rings is 6. The molecule has 0 saturated heterocycles. The Labute approximate surface area is 426 Å². The molecular formula is C63H67N4OPt-3. The van der Waals surface area contributed by atoms with Gasteiger partial charge < -0.3 is 19.1 Å². The summed E-state index contributed by atoms with van der Waals surface area (Å²) in [5, 5.41) is 2.23. The fourth-order valence-corrected chi connectivity index (χ4v) is 9.64. The van der Waals surface area contributed by atoms with Crippen molar-refractivity contribution < 1.29 is 25.8 Å².